The van der Waals surface area contributed by atoms with E-state index in [4.69, 9.17) is 15.6 Å². The fourth-order valence-electron chi connectivity index (χ4n) is 1.45. The van der Waals surface area contributed by atoms with E-state index in [0.29, 0.717) is 6.61 Å². The van der Waals surface area contributed by atoms with Crippen molar-refractivity contribution in [3.63, 3.8) is 0 Å². The van der Waals surface area contributed by atoms with Crippen molar-refractivity contribution < 1.29 is 24.2 Å². The fourth-order valence-corrected chi connectivity index (χ4v) is 1.45. The Labute approximate surface area is 97.7 Å². The number of hydrogen-bond acceptors (Lipinski definition) is 5. The number of rotatable bonds is 4. The molecule has 1 aliphatic heterocycles. The molecule has 1 saturated heterocycles. The van der Waals surface area contributed by atoms with Crippen molar-refractivity contribution in [2.75, 3.05) is 32.8 Å². The SMILES string of the molecule is NCC(=O)NCC(=O)N1CCOCC1C(=O)O. The second-order valence-electron chi connectivity index (χ2n) is 3.50. The van der Waals surface area contributed by atoms with Crippen molar-refractivity contribution in [2.45, 2.75) is 6.04 Å². The van der Waals surface area contributed by atoms with E-state index < -0.39 is 23.8 Å². The molecule has 0 aliphatic carbocycles. The number of aliphatic carboxylic acids is 1. The van der Waals surface area contributed by atoms with Crippen LogP contribution in [-0.2, 0) is 19.1 Å². The van der Waals surface area contributed by atoms with Crippen molar-refractivity contribution in [3.8, 4) is 0 Å². The third kappa shape index (κ3) is 3.68. The van der Waals surface area contributed by atoms with Crippen LogP contribution in [-0.4, -0.2) is 66.7 Å². The molecule has 0 aromatic carbocycles. The van der Waals surface area contributed by atoms with Gasteiger partial charge in [-0.1, -0.05) is 0 Å². The van der Waals surface area contributed by atoms with Gasteiger partial charge in [0.2, 0.25) is 11.8 Å². The minimum absolute atomic E-state index is 0.0358. The van der Waals surface area contributed by atoms with Gasteiger partial charge in [0.25, 0.3) is 0 Å². The van der Waals surface area contributed by atoms with E-state index in [0.717, 1.165) is 0 Å². The largest absolute Gasteiger partial charge is 0.480 e. The number of carboxylic acid groups (broad SMARTS) is 1. The van der Waals surface area contributed by atoms with Crippen LogP contribution in [0.15, 0.2) is 0 Å². The number of morpholine rings is 1. The number of ether oxygens (including phenoxy) is 1. The Kier molecular flexibility index (Phi) is 4.85. The fraction of sp³-hybridized carbons (Fsp3) is 0.667. The normalized spacial score (nSPS) is 19.8. The molecule has 4 N–H and O–H groups in total. The van der Waals surface area contributed by atoms with Crippen molar-refractivity contribution >= 4 is 17.8 Å². The lowest BCUT2D eigenvalue weighted by atomic mass is 10.2. The molecule has 2 amide bonds. The van der Waals surface area contributed by atoms with E-state index in [1.54, 1.807) is 0 Å². The van der Waals surface area contributed by atoms with Crippen LogP contribution in [0.5, 0.6) is 0 Å². The Morgan fingerprint density at radius 1 is 1.47 bits per heavy atom. The molecule has 0 aromatic heterocycles. The monoisotopic (exact) mass is 245 g/mol. The summed E-state index contributed by atoms with van der Waals surface area (Å²) in [5, 5.41) is 11.2. The van der Waals surface area contributed by atoms with Crippen LogP contribution in [0.1, 0.15) is 0 Å². The zero-order chi connectivity index (χ0) is 12.8. The number of nitrogens with zero attached hydrogens (tertiary/aromatic N) is 1. The molecule has 8 nitrogen and oxygen atoms in total. The number of carboxylic acids is 1. The summed E-state index contributed by atoms with van der Waals surface area (Å²) in [6.45, 7) is -0.000870. The summed E-state index contributed by atoms with van der Waals surface area (Å²) in [5.74, 6) is -2.04. The molecule has 1 rings (SSSR count). The average molecular weight is 245 g/mol. The number of hydrogen-bond donors (Lipinski definition) is 3. The molecule has 0 radical (unpaired) electrons. The van der Waals surface area contributed by atoms with E-state index >= 15 is 0 Å². The molecule has 1 unspecified atom stereocenters. The lowest BCUT2D eigenvalue weighted by Crippen LogP contribution is -2.55. The summed E-state index contributed by atoms with van der Waals surface area (Å²) < 4.78 is 4.99. The van der Waals surface area contributed by atoms with Gasteiger partial charge in [-0.15, -0.1) is 0 Å². The van der Waals surface area contributed by atoms with Crippen molar-refractivity contribution in [1.82, 2.24) is 10.2 Å². The summed E-state index contributed by atoms with van der Waals surface area (Å²) in [6, 6.07) is -0.994. The summed E-state index contributed by atoms with van der Waals surface area (Å²) in [7, 11) is 0. The minimum Gasteiger partial charge on any atom is -0.480 e. The van der Waals surface area contributed by atoms with Crippen LogP contribution < -0.4 is 11.1 Å². The third-order valence-electron chi connectivity index (χ3n) is 2.36. The highest BCUT2D eigenvalue weighted by Gasteiger charge is 2.32. The van der Waals surface area contributed by atoms with Crippen LogP contribution in [0, 0.1) is 0 Å². The summed E-state index contributed by atoms with van der Waals surface area (Å²) in [4.78, 5) is 34.6. The van der Waals surface area contributed by atoms with E-state index in [9.17, 15) is 14.4 Å². The molecule has 0 spiro atoms. The quantitative estimate of drug-likeness (QED) is 0.498. The van der Waals surface area contributed by atoms with Crippen LogP contribution in [0.25, 0.3) is 0 Å². The van der Waals surface area contributed by atoms with Gasteiger partial charge in [0.05, 0.1) is 26.3 Å². The van der Waals surface area contributed by atoms with Gasteiger partial charge in [-0.05, 0) is 0 Å². The number of carbonyl (C=O) groups excluding carboxylic acids is 2. The zero-order valence-electron chi connectivity index (χ0n) is 9.22. The Hall–Kier alpha value is -1.67. The highest BCUT2D eigenvalue weighted by Crippen LogP contribution is 2.07. The maximum absolute atomic E-state index is 11.7. The van der Waals surface area contributed by atoms with Gasteiger partial charge < -0.3 is 25.8 Å². The molecular formula is C9H15N3O5. The van der Waals surface area contributed by atoms with E-state index in [1.165, 1.54) is 4.90 Å². The Morgan fingerprint density at radius 3 is 2.76 bits per heavy atom. The Bertz CT molecular complexity index is 320. The van der Waals surface area contributed by atoms with Gasteiger partial charge in [-0.2, -0.15) is 0 Å². The van der Waals surface area contributed by atoms with Crippen LogP contribution in [0.4, 0.5) is 0 Å². The Morgan fingerprint density at radius 2 is 2.18 bits per heavy atom. The number of amides is 2. The second-order valence-corrected chi connectivity index (χ2v) is 3.50. The first-order valence-corrected chi connectivity index (χ1v) is 5.13. The highest BCUT2D eigenvalue weighted by molar-refractivity contribution is 5.88. The highest BCUT2D eigenvalue weighted by atomic mass is 16.5. The van der Waals surface area contributed by atoms with E-state index in [-0.39, 0.29) is 26.2 Å². The predicted octanol–water partition coefficient (Wildman–Crippen LogP) is -2.63. The van der Waals surface area contributed by atoms with E-state index in [1.807, 2.05) is 0 Å². The van der Waals surface area contributed by atoms with Gasteiger partial charge >= 0.3 is 5.97 Å². The Balaban J connectivity index is 2.53. The topological polar surface area (TPSA) is 122 Å². The molecule has 17 heavy (non-hydrogen) atoms. The summed E-state index contributed by atoms with van der Waals surface area (Å²) in [6.07, 6.45) is 0. The summed E-state index contributed by atoms with van der Waals surface area (Å²) >= 11 is 0. The van der Waals surface area contributed by atoms with E-state index in [2.05, 4.69) is 5.32 Å². The van der Waals surface area contributed by atoms with Gasteiger partial charge in [0.1, 0.15) is 0 Å². The average Bonchev–Trinajstić information content (AvgIpc) is 2.35. The standard InChI is InChI=1S/C9H15N3O5/c10-3-7(13)11-4-8(14)12-1-2-17-5-6(12)9(15)16/h6H,1-5,10H2,(H,11,13)(H,15,16). The molecule has 1 fully saturated rings. The lowest BCUT2D eigenvalue weighted by molar-refractivity contribution is -0.157. The predicted molar refractivity (Wildman–Crippen MR) is 56.0 cm³/mol. The molecule has 1 aliphatic rings. The molecule has 0 aromatic rings. The molecule has 8 heteroatoms. The molecule has 0 bridgehead atoms. The first-order valence-electron chi connectivity index (χ1n) is 5.13. The van der Waals surface area contributed by atoms with Crippen LogP contribution >= 0.6 is 0 Å². The van der Waals surface area contributed by atoms with Crippen molar-refractivity contribution in [3.05, 3.63) is 0 Å². The molecular weight excluding hydrogens is 230 g/mol. The van der Waals surface area contributed by atoms with Gasteiger partial charge in [-0.25, -0.2) is 4.79 Å². The van der Waals surface area contributed by atoms with Crippen molar-refractivity contribution in [2.24, 2.45) is 5.73 Å². The number of nitrogens with one attached hydrogen (secondary N) is 1. The molecule has 1 atom stereocenters. The first kappa shape index (κ1) is 13.4. The van der Waals surface area contributed by atoms with Crippen molar-refractivity contribution in [1.29, 1.82) is 0 Å². The maximum Gasteiger partial charge on any atom is 0.328 e. The van der Waals surface area contributed by atoms with Gasteiger partial charge in [0, 0.05) is 6.54 Å². The zero-order valence-corrected chi connectivity index (χ0v) is 9.22. The van der Waals surface area contributed by atoms with Crippen LogP contribution in [0.3, 0.4) is 0 Å². The second kappa shape index (κ2) is 6.16. The number of carbonyl (C=O) groups is 3. The smallest absolute Gasteiger partial charge is 0.328 e. The third-order valence-corrected chi connectivity index (χ3v) is 2.36. The lowest BCUT2D eigenvalue weighted by Gasteiger charge is -2.32. The van der Waals surface area contributed by atoms with Gasteiger partial charge in [-0.3, -0.25) is 9.59 Å². The maximum atomic E-state index is 11.7. The first-order chi connectivity index (χ1) is 8.06. The van der Waals surface area contributed by atoms with Crippen LogP contribution in [0.2, 0.25) is 0 Å². The number of nitrogens with two attached hydrogens (primary N) is 1. The molecule has 96 valence electrons. The molecule has 1 heterocycles. The molecule has 0 saturated carbocycles. The van der Waals surface area contributed by atoms with Gasteiger partial charge in [0.15, 0.2) is 6.04 Å². The summed E-state index contributed by atoms with van der Waals surface area (Å²) in [5.41, 5.74) is 5.06. The minimum atomic E-state index is -1.12.